The quantitative estimate of drug-likeness (QED) is 0.336. The smallest absolute Gasteiger partial charge is 0.329 e. The molecular weight excluding hydrogens is 418 g/mol. The highest BCUT2D eigenvalue weighted by Gasteiger charge is 2.25. The number of amides is 1. The van der Waals surface area contributed by atoms with E-state index in [9.17, 15) is 9.59 Å². The fourth-order valence-corrected chi connectivity index (χ4v) is 3.73. The van der Waals surface area contributed by atoms with E-state index in [4.69, 9.17) is 4.74 Å². The number of carbonyl (C=O) groups is 2. The second-order valence-corrected chi connectivity index (χ2v) is 7.67. The van der Waals surface area contributed by atoms with Gasteiger partial charge in [-0.1, -0.05) is 48.5 Å². The molecule has 3 N–H and O–H groups in total. The van der Waals surface area contributed by atoms with Crippen LogP contribution in [0.15, 0.2) is 79.4 Å². The molecule has 0 unspecified atom stereocenters. The van der Waals surface area contributed by atoms with E-state index in [-0.39, 0.29) is 18.7 Å². The number of H-pyrrole nitrogens is 2. The lowest BCUT2D eigenvalue weighted by atomic mass is 10.0. The van der Waals surface area contributed by atoms with E-state index < -0.39 is 17.9 Å². The van der Waals surface area contributed by atoms with Crippen molar-refractivity contribution in [2.45, 2.75) is 19.1 Å². The molecule has 0 saturated carbocycles. The third-order valence-electron chi connectivity index (χ3n) is 5.45. The second-order valence-electron chi connectivity index (χ2n) is 7.67. The summed E-state index contributed by atoms with van der Waals surface area (Å²) in [7, 11) is 0. The summed E-state index contributed by atoms with van der Waals surface area (Å²) in [6.07, 6.45) is 5.20. The molecule has 2 aromatic carbocycles. The van der Waals surface area contributed by atoms with Gasteiger partial charge in [-0.3, -0.25) is 4.79 Å². The molecule has 3 aromatic heterocycles. The molecule has 0 radical (unpaired) electrons. The third-order valence-corrected chi connectivity index (χ3v) is 5.45. The highest BCUT2D eigenvalue weighted by Crippen LogP contribution is 2.20. The molecule has 1 amide bonds. The van der Waals surface area contributed by atoms with Gasteiger partial charge in [0.2, 0.25) is 0 Å². The molecule has 33 heavy (non-hydrogen) atoms. The lowest BCUT2D eigenvalue weighted by Crippen LogP contribution is -2.43. The van der Waals surface area contributed by atoms with Gasteiger partial charge in [-0.15, -0.1) is 0 Å². The molecule has 0 saturated heterocycles. The van der Waals surface area contributed by atoms with Gasteiger partial charge >= 0.3 is 5.97 Å². The maximum absolute atomic E-state index is 13.0. The lowest BCUT2D eigenvalue weighted by molar-refractivity contribution is -0.147. The van der Waals surface area contributed by atoms with Crippen LogP contribution in [-0.4, -0.2) is 37.9 Å². The SMILES string of the molecule is O=C(N[C@@H](Cc1c[nH]c2ccccc12)C(=O)OCc1ccccc1)c1cc2nc[nH]c2cn1. The molecule has 5 aromatic rings. The first kappa shape index (κ1) is 20.4. The van der Waals surface area contributed by atoms with E-state index in [2.05, 4.69) is 25.3 Å². The number of ether oxygens (including phenoxy) is 1. The standard InChI is InChI=1S/C25H21N5O3/c31-24(21-11-20-23(13-27-21)29-15-28-20)30-22(25(32)33-14-16-6-2-1-3-7-16)10-17-12-26-19-9-5-4-8-18(17)19/h1-9,11-13,15,22,26H,10,14H2,(H,28,29)(H,30,31)/t22-/m0/s1. The second kappa shape index (κ2) is 8.96. The van der Waals surface area contributed by atoms with Gasteiger partial charge in [0.1, 0.15) is 18.3 Å². The number of para-hydroxylation sites is 1. The van der Waals surface area contributed by atoms with Gasteiger partial charge in [0.25, 0.3) is 5.91 Å². The summed E-state index contributed by atoms with van der Waals surface area (Å²) < 4.78 is 5.54. The van der Waals surface area contributed by atoms with Crippen molar-refractivity contribution < 1.29 is 14.3 Å². The molecule has 0 bridgehead atoms. The molecule has 1 atom stereocenters. The summed E-state index contributed by atoms with van der Waals surface area (Å²) in [6, 6.07) is 17.9. The normalized spacial score (nSPS) is 12.0. The summed E-state index contributed by atoms with van der Waals surface area (Å²) >= 11 is 0. The van der Waals surface area contributed by atoms with Crippen molar-refractivity contribution in [3.05, 3.63) is 96.2 Å². The maximum atomic E-state index is 13.0. The monoisotopic (exact) mass is 439 g/mol. The molecule has 8 nitrogen and oxygen atoms in total. The predicted molar refractivity (Wildman–Crippen MR) is 123 cm³/mol. The molecule has 164 valence electrons. The zero-order valence-corrected chi connectivity index (χ0v) is 17.6. The number of hydrogen-bond acceptors (Lipinski definition) is 5. The van der Waals surface area contributed by atoms with Crippen LogP contribution in [0.25, 0.3) is 21.9 Å². The summed E-state index contributed by atoms with van der Waals surface area (Å²) in [5.74, 6) is -0.986. The summed E-state index contributed by atoms with van der Waals surface area (Å²) in [5, 5.41) is 3.79. The minimum atomic E-state index is -0.892. The van der Waals surface area contributed by atoms with Crippen LogP contribution in [-0.2, 0) is 22.6 Å². The Morgan fingerprint density at radius 3 is 2.67 bits per heavy atom. The number of aromatic nitrogens is 4. The average molecular weight is 439 g/mol. The van der Waals surface area contributed by atoms with Crippen LogP contribution in [0.4, 0.5) is 0 Å². The van der Waals surface area contributed by atoms with Crippen LogP contribution >= 0.6 is 0 Å². The molecule has 3 heterocycles. The van der Waals surface area contributed by atoms with Gasteiger partial charge < -0.3 is 20.0 Å². The Balaban J connectivity index is 1.38. The molecule has 8 heteroatoms. The van der Waals surface area contributed by atoms with Crippen molar-refractivity contribution in [1.82, 2.24) is 25.3 Å². The molecule has 0 spiro atoms. The van der Waals surface area contributed by atoms with E-state index in [0.29, 0.717) is 5.52 Å². The first-order valence-electron chi connectivity index (χ1n) is 10.5. The minimum absolute atomic E-state index is 0.122. The number of pyridine rings is 1. The van der Waals surface area contributed by atoms with Crippen molar-refractivity contribution in [1.29, 1.82) is 0 Å². The van der Waals surface area contributed by atoms with Crippen LogP contribution < -0.4 is 5.32 Å². The zero-order valence-electron chi connectivity index (χ0n) is 17.6. The fraction of sp³-hybridized carbons (Fsp3) is 0.120. The third kappa shape index (κ3) is 4.45. The number of nitrogens with zero attached hydrogens (tertiary/aromatic N) is 2. The van der Waals surface area contributed by atoms with E-state index in [1.807, 2.05) is 60.8 Å². The minimum Gasteiger partial charge on any atom is -0.459 e. The Morgan fingerprint density at radius 1 is 0.970 bits per heavy atom. The number of esters is 1. The molecule has 0 aliphatic heterocycles. The number of hydrogen-bond donors (Lipinski definition) is 3. The van der Waals surface area contributed by atoms with Gasteiger partial charge in [0, 0.05) is 23.5 Å². The van der Waals surface area contributed by atoms with Gasteiger partial charge in [0.05, 0.1) is 23.6 Å². The zero-order chi connectivity index (χ0) is 22.6. The number of nitrogens with one attached hydrogen (secondary N) is 3. The largest absolute Gasteiger partial charge is 0.459 e. The number of imidazole rings is 1. The Labute approximate surface area is 189 Å². The highest BCUT2D eigenvalue weighted by atomic mass is 16.5. The summed E-state index contributed by atoms with van der Waals surface area (Å²) in [4.78, 5) is 40.5. The Kier molecular flexibility index (Phi) is 5.55. The van der Waals surface area contributed by atoms with Crippen molar-refractivity contribution in [3.8, 4) is 0 Å². The number of benzene rings is 2. The van der Waals surface area contributed by atoms with Crippen molar-refractivity contribution in [3.63, 3.8) is 0 Å². The fourth-order valence-electron chi connectivity index (χ4n) is 3.73. The van der Waals surface area contributed by atoms with Crippen LogP contribution in [0, 0.1) is 0 Å². The lowest BCUT2D eigenvalue weighted by Gasteiger charge is -2.17. The van der Waals surface area contributed by atoms with Gasteiger partial charge in [0.15, 0.2) is 0 Å². The molecule has 0 aliphatic carbocycles. The number of aromatic amines is 2. The summed E-state index contributed by atoms with van der Waals surface area (Å²) in [5.41, 5.74) is 4.26. The number of fused-ring (bicyclic) bond motifs is 2. The van der Waals surface area contributed by atoms with Crippen molar-refractivity contribution >= 4 is 33.8 Å². The van der Waals surface area contributed by atoms with Crippen LogP contribution in [0.3, 0.4) is 0 Å². The first-order chi connectivity index (χ1) is 16.2. The number of carbonyl (C=O) groups excluding carboxylic acids is 2. The van der Waals surface area contributed by atoms with Crippen molar-refractivity contribution in [2.75, 3.05) is 0 Å². The molecule has 0 aliphatic rings. The molecular formula is C25H21N5O3. The van der Waals surface area contributed by atoms with Gasteiger partial charge in [-0.05, 0) is 23.3 Å². The topological polar surface area (TPSA) is 113 Å². The molecule has 5 rings (SSSR count). The molecule has 0 fully saturated rings. The Hall–Kier alpha value is -4.46. The van der Waals surface area contributed by atoms with Gasteiger partial charge in [-0.25, -0.2) is 14.8 Å². The van der Waals surface area contributed by atoms with Crippen LogP contribution in [0.2, 0.25) is 0 Å². The van der Waals surface area contributed by atoms with Gasteiger partial charge in [-0.2, -0.15) is 0 Å². The van der Waals surface area contributed by atoms with E-state index >= 15 is 0 Å². The van der Waals surface area contributed by atoms with E-state index in [0.717, 1.165) is 27.5 Å². The Bertz CT molecular complexity index is 1420. The average Bonchev–Trinajstić information content (AvgIpc) is 3.49. The van der Waals surface area contributed by atoms with Crippen molar-refractivity contribution in [2.24, 2.45) is 0 Å². The highest BCUT2D eigenvalue weighted by molar-refractivity contribution is 5.97. The van der Waals surface area contributed by atoms with Crippen LogP contribution in [0.1, 0.15) is 21.6 Å². The Morgan fingerprint density at radius 2 is 1.79 bits per heavy atom. The predicted octanol–water partition coefficient (Wildman–Crippen LogP) is 3.52. The number of rotatable bonds is 7. The maximum Gasteiger partial charge on any atom is 0.329 e. The summed E-state index contributed by atoms with van der Waals surface area (Å²) in [6.45, 7) is 0.122. The van der Waals surface area contributed by atoms with E-state index in [1.165, 1.54) is 6.33 Å². The first-order valence-corrected chi connectivity index (χ1v) is 10.5. The van der Waals surface area contributed by atoms with Crippen LogP contribution in [0.5, 0.6) is 0 Å². The van der Waals surface area contributed by atoms with E-state index in [1.54, 1.807) is 12.3 Å².